The summed E-state index contributed by atoms with van der Waals surface area (Å²) in [5.41, 5.74) is 3.41. The van der Waals surface area contributed by atoms with Crippen LogP contribution in [-0.4, -0.2) is 52.9 Å². The lowest BCUT2D eigenvalue weighted by molar-refractivity contribution is 0.0904. The molecule has 0 radical (unpaired) electrons. The van der Waals surface area contributed by atoms with Gasteiger partial charge in [0.15, 0.2) is 5.78 Å². The van der Waals surface area contributed by atoms with Crippen molar-refractivity contribution >= 4 is 26.7 Å². The second-order valence-electron chi connectivity index (χ2n) is 9.50. The molecule has 0 saturated carbocycles. The normalized spacial score (nSPS) is 14.6. The maximum Gasteiger partial charge on any atom is 0.261 e. The van der Waals surface area contributed by atoms with Gasteiger partial charge in [0.1, 0.15) is 6.61 Å². The summed E-state index contributed by atoms with van der Waals surface area (Å²) in [5.74, 6) is -0.448. The fourth-order valence-corrected chi connectivity index (χ4v) is 6.33. The number of aliphatic hydroxyl groups excluding tert-OH is 1. The zero-order valence-electron chi connectivity index (χ0n) is 20.9. The van der Waals surface area contributed by atoms with Gasteiger partial charge >= 0.3 is 0 Å². The van der Waals surface area contributed by atoms with Crippen molar-refractivity contribution in [1.82, 2.24) is 13.9 Å². The molecule has 3 aromatic carbocycles. The predicted molar refractivity (Wildman–Crippen MR) is 146 cm³/mol. The molecule has 0 amide bonds. The van der Waals surface area contributed by atoms with Crippen LogP contribution in [0.3, 0.4) is 0 Å². The molecule has 9 heteroatoms. The fraction of sp³-hybridized carbons (Fsp3) is 0.276. The minimum Gasteiger partial charge on any atom is -0.388 e. The topological polar surface area (TPSA) is 110 Å². The average molecular weight is 532 g/mol. The van der Waals surface area contributed by atoms with E-state index in [1.165, 1.54) is 17.0 Å². The lowest BCUT2D eigenvalue weighted by Gasteiger charge is -2.25. The van der Waals surface area contributed by atoms with E-state index in [1.54, 1.807) is 28.6 Å². The highest BCUT2D eigenvalue weighted by Gasteiger charge is 2.25. The molecule has 2 heterocycles. The largest absolute Gasteiger partial charge is 0.388 e. The van der Waals surface area contributed by atoms with Crippen molar-refractivity contribution < 1.29 is 18.3 Å². The van der Waals surface area contributed by atoms with E-state index < -0.39 is 22.4 Å². The molecule has 1 N–H and O–H groups in total. The second kappa shape index (κ2) is 11.0. The summed E-state index contributed by atoms with van der Waals surface area (Å²) >= 11 is 0. The Morgan fingerprint density at radius 2 is 1.68 bits per heavy atom. The standard InChI is InChI=1S/C29H29N3O5S/c33-19-28(34)24-9-12-27-26(18-24)29(35)31(20-30-27)16-13-21-5-4-6-23(17-21)22-7-10-25(11-8-22)38(36,37)32-14-2-1-3-15-32/h4-12,17-18,20,33H,1-3,13-16,19H2. The van der Waals surface area contributed by atoms with Gasteiger partial charge in [0.05, 0.1) is 22.1 Å². The molecule has 1 fully saturated rings. The fourth-order valence-electron chi connectivity index (χ4n) is 4.81. The number of ketones is 1. The number of benzene rings is 3. The summed E-state index contributed by atoms with van der Waals surface area (Å²) in [6.45, 7) is 0.928. The van der Waals surface area contributed by atoms with Crippen molar-refractivity contribution in [1.29, 1.82) is 0 Å². The van der Waals surface area contributed by atoms with Crippen molar-refractivity contribution in [2.75, 3.05) is 19.7 Å². The number of sulfonamides is 1. The van der Waals surface area contributed by atoms with Crippen molar-refractivity contribution in [3.05, 3.63) is 94.5 Å². The van der Waals surface area contributed by atoms with Crippen LogP contribution in [-0.2, 0) is 23.0 Å². The van der Waals surface area contributed by atoms with Crippen molar-refractivity contribution in [2.45, 2.75) is 37.1 Å². The Bertz CT molecular complexity index is 1640. The molecule has 8 nitrogen and oxygen atoms in total. The molecule has 5 rings (SSSR count). The van der Waals surface area contributed by atoms with Gasteiger partial charge in [-0.15, -0.1) is 0 Å². The van der Waals surface area contributed by atoms with Gasteiger partial charge in [-0.05, 0) is 66.3 Å². The van der Waals surface area contributed by atoms with Crippen LogP contribution in [0.1, 0.15) is 35.2 Å². The minimum absolute atomic E-state index is 0.246. The third-order valence-corrected chi connectivity index (χ3v) is 8.91. The van der Waals surface area contributed by atoms with Crippen LogP contribution in [0.5, 0.6) is 0 Å². The van der Waals surface area contributed by atoms with Gasteiger partial charge in [0.25, 0.3) is 5.56 Å². The molecule has 0 unspecified atom stereocenters. The summed E-state index contributed by atoms with van der Waals surface area (Å²) in [6.07, 6.45) is 4.95. The Kier molecular flexibility index (Phi) is 7.51. The van der Waals surface area contributed by atoms with E-state index in [9.17, 15) is 18.0 Å². The number of aromatic nitrogens is 2. The minimum atomic E-state index is -3.47. The number of piperidine rings is 1. The molecule has 196 valence electrons. The molecule has 4 aromatic rings. The molecule has 1 aliphatic heterocycles. The van der Waals surface area contributed by atoms with Crippen LogP contribution in [0.4, 0.5) is 0 Å². The Morgan fingerprint density at radius 3 is 2.42 bits per heavy atom. The Balaban J connectivity index is 1.32. The van der Waals surface area contributed by atoms with Gasteiger partial charge in [0, 0.05) is 25.2 Å². The number of hydrogen-bond donors (Lipinski definition) is 1. The molecule has 0 bridgehead atoms. The van der Waals surface area contributed by atoms with Gasteiger partial charge < -0.3 is 5.11 Å². The number of rotatable bonds is 8. The first kappa shape index (κ1) is 26.0. The number of carbonyl (C=O) groups is 1. The van der Waals surface area contributed by atoms with Crippen LogP contribution >= 0.6 is 0 Å². The smallest absolute Gasteiger partial charge is 0.261 e. The Morgan fingerprint density at radius 1 is 0.921 bits per heavy atom. The van der Waals surface area contributed by atoms with Crippen LogP contribution in [0.2, 0.25) is 0 Å². The highest BCUT2D eigenvalue weighted by molar-refractivity contribution is 7.89. The van der Waals surface area contributed by atoms with E-state index in [-0.39, 0.29) is 11.1 Å². The van der Waals surface area contributed by atoms with Gasteiger partial charge in [-0.2, -0.15) is 4.31 Å². The molecule has 1 aliphatic rings. The number of hydrogen-bond acceptors (Lipinski definition) is 6. The third kappa shape index (κ3) is 5.31. The van der Waals surface area contributed by atoms with Crippen LogP contribution in [0.25, 0.3) is 22.0 Å². The molecule has 0 atom stereocenters. The lowest BCUT2D eigenvalue weighted by Crippen LogP contribution is -2.35. The Labute approximate surface area is 221 Å². The monoisotopic (exact) mass is 531 g/mol. The van der Waals surface area contributed by atoms with Crippen molar-refractivity contribution in [2.24, 2.45) is 0 Å². The van der Waals surface area contributed by atoms with Gasteiger partial charge in [-0.1, -0.05) is 42.8 Å². The number of aryl methyl sites for hydroxylation is 2. The first-order valence-electron chi connectivity index (χ1n) is 12.7. The summed E-state index contributed by atoms with van der Waals surface area (Å²) in [4.78, 5) is 29.5. The van der Waals surface area contributed by atoms with E-state index in [2.05, 4.69) is 4.98 Å². The van der Waals surface area contributed by atoms with Crippen LogP contribution in [0, 0.1) is 0 Å². The van der Waals surface area contributed by atoms with Gasteiger partial charge in [-0.3, -0.25) is 14.2 Å². The molecule has 38 heavy (non-hydrogen) atoms. The van der Waals surface area contributed by atoms with Crippen LogP contribution < -0.4 is 5.56 Å². The zero-order chi connectivity index (χ0) is 26.7. The van der Waals surface area contributed by atoms with E-state index in [1.807, 2.05) is 36.4 Å². The molecular formula is C29H29N3O5S. The quantitative estimate of drug-likeness (QED) is 0.348. The average Bonchev–Trinajstić information content (AvgIpc) is 2.97. The molecule has 1 saturated heterocycles. The second-order valence-corrected chi connectivity index (χ2v) is 11.4. The highest BCUT2D eigenvalue weighted by atomic mass is 32.2. The summed E-state index contributed by atoms with van der Waals surface area (Å²) in [5, 5.41) is 9.46. The van der Waals surface area contributed by atoms with Crippen molar-refractivity contribution in [3.8, 4) is 11.1 Å². The Hall–Kier alpha value is -3.66. The number of fused-ring (bicyclic) bond motifs is 1. The highest BCUT2D eigenvalue weighted by Crippen LogP contribution is 2.25. The first-order chi connectivity index (χ1) is 18.4. The maximum absolute atomic E-state index is 13.0. The number of aliphatic hydroxyl groups is 1. The zero-order valence-corrected chi connectivity index (χ0v) is 21.7. The van der Waals surface area contributed by atoms with E-state index in [0.717, 1.165) is 36.0 Å². The van der Waals surface area contributed by atoms with E-state index in [0.29, 0.717) is 41.9 Å². The van der Waals surface area contributed by atoms with E-state index >= 15 is 0 Å². The molecule has 0 spiro atoms. The lowest BCUT2D eigenvalue weighted by atomic mass is 10.0. The van der Waals surface area contributed by atoms with E-state index in [4.69, 9.17) is 5.11 Å². The maximum atomic E-state index is 13.0. The molecule has 1 aromatic heterocycles. The van der Waals surface area contributed by atoms with Gasteiger partial charge in [0.2, 0.25) is 10.0 Å². The van der Waals surface area contributed by atoms with Crippen LogP contribution in [0.15, 0.2) is 82.7 Å². The first-order valence-corrected chi connectivity index (χ1v) is 14.1. The number of Topliss-reactive ketones (excluding diaryl/α,β-unsaturated/α-hetero) is 1. The summed E-state index contributed by atoms with van der Waals surface area (Å²) in [6, 6.07) is 19.6. The predicted octanol–water partition coefficient (Wildman–Crippen LogP) is 3.66. The SMILES string of the molecule is O=C(CO)c1ccc2ncn(CCc3cccc(-c4ccc(S(=O)(=O)N5CCCCC5)cc4)c3)c(=O)c2c1. The van der Waals surface area contributed by atoms with Gasteiger partial charge in [-0.25, -0.2) is 13.4 Å². The summed E-state index contributed by atoms with van der Waals surface area (Å²) < 4.78 is 29.0. The van der Waals surface area contributed by atoms with Crippen molar-refractivity contribution in [3.63, 3.8) is 0 Å². The molecule has 0 aliphatic carbocycles. The molecular weight excluding hydrogens is 502 g/mol. The summed E-state index contributed by atoms with van der Waals surface area (Å²) in [7, 11) is -3.47. The third-order valence-electron chi connectivity index (χ3n) is 7.00. The number of nitrogens with zero attached hydrogens (tertiary/aromatic N) is 3. The number of carbonyl (C=O) groups excluding carboxylic acids is 1.